The van der Waals surface area contributed by atoms with Gasteiger partial charge in [0.1, 0.15) is 4.90 Å². The second-order valence-corrected chi connectivity index (χ2v) is 10.2. The maximum atomic E-state index is 13.2. The molecule has 1 aromatic carbocycles. The van der Waals surface area contributed by atoms with Crippen LogP contribution in [0.4, 0.5) is 10.5 Å². The quantitative estimate of drug-likeness (QED) is 0.668. The Labute approximate surface area is 182 Å². The van der Waals surface area contributed by atoms with Gasteiger partial charge in [0.2, 0.25) is 5.88 Å². The van der Waals surface area contributed by atoms with Crippen LogP contribution in [0.25, 0.3) is 0 Å². The average Bonchev–Trinajstić information content (AvgIpc) is 3.46. The maximum Gasteiger partial charge on any atom is 0.354 e. The number of aryl methyl sites for hydroxylation is 3. The summed E-state index contributed by atoms with van der Waals surface area (Å²) in [7, 11) is -1.55. The number of carbonyl (C=O) groups is 1. The van der Waals surface area contributed by atoms with E-state index in [1.54, 1.807) is 4.68 Å². The highest BCUT2D eigenvalue weighted by Crippen LogP contribution is 2.44. The molecule has 2 aliphatic carbocycles. The summed E-state index contributed by atoms with van der Waals surface area (Å²) < 4.78 is 24.2. The van der Waals surface area contributed by atoms with Crippen molar-refractivity contribution in [2.75, 3.05) is 25.5 Å². The van der Waals surface area contributed by atoms with E-state index in [9.17, 15) is 9.00 Å². The summed E-state index contributed by atoms with van der Waals surface area (Å²) in [4.78, 5) is 13.1. The van der Waals surface area contributed by atoms with Gasteiger partial charge in [-0.1, -0.05) is 6.07 Å². The molecule has 0 saturated heterocycles. The van der Waals surface area contributed by atoms with E-state index in [4.69, 9.17) is 9.88 Å². The molecule has 0 fully saturated rings. The first-order valence-electron chi connectivity index (χ1n) is 10.8. The van der Waals surface area contributed by atoms with E-state index in [1.807, 2.05) is 7.05 Å². The largest absolute Gasteiger partial charge is 0.477 e. The van der Waals surface area contributed by atoms with Gasteiger partial charge < -0.3 is 15.4 Å². The van der Waals surface area contributed by atoms with Crippen molar-refractivity contribution in [1.82, 2.24) is 15.1 Å². The van der Waals surface area contributed by atoms with E-state index in [-0.39, 0.29) is 4.90 Å². The summed E-state index contributed by atoms with van der Waals surface area (Å²) in [6, 6.07) is 1.61. The van der Waals surface area contributed by atoms with Crippen molar-refractivity contribution >= 4 is 21.6 Å². The van der Waals surface area contributed by atoms with E-state index < -0.39 is 15.9 Å². The van der Waals surface area contributed by atoms with Crippen LogP contribution in [-0.2, 0) is 35.7 Å². The molecule has 9 nitrogen and oxygen atoms in total. The zero-order chi connectivity index (χ0) is 21.6. The predicted octanol–water partition coefficient (Wildman–Crippen LogP) is 2.34. The van der Waals surface area contributed by atoms with Crippen LogP contribution >= 0.6 is 0 Å². The van der Waals surface area contributed by atoms with Crippen molar-refractivity contribution < 1.29 is 13.7 Å². The summed E-state index contributed by atoms with van der Waals surface area (Å²) in [6.45, 7) is 2.00. The van der Waals surface area contributed by atoms with E-state index in [0.717, 1.165) is 50.8 Å². The molecule has 2 atom stereocenters. The second-order valence-electron chi connectivity index (χ2n) is 8.44. The molecule has 31 heavy (non-hydrogen) atoms. The summed E-state index contributed by atoms with van der Waals surface area (Å²) in [6.07, 6.45) is 7.27. The zero-order valence-electron chi connectivity index (χ0n) is 17.6. The maximum absolute atomic E-state index is 13.2. The van der Waals surface area contributed by atoms with Crippen LogP contribution in [0.1, 0.15) is 47.4 Å². The van der Waals surface area contributed by atoms with E-state index in [1.165, 1.54) is 28.5 Å². The van der Waals surface area contributed by atoms with E-state index >= 15 is 0 Å². The lowest BCUT2D eigenvalue weighted by molar-refractivity contribution is 0.224. The molecule has 10 heteroatoms. The Balaban J connectivity index is 1.50. The standard InChI is InChI=1S/C21H28N6O3S/c1-23-11-15-7-6-14-10-13-4-2-5-16(13)19(18(14)15)25-21(28)26-31(22,29)17-12-24-27-8-3-9-30-20(17)27/h10,12,15,23H,2-9,11H2,1H3,(H3,22,25,26,28,29). The summed E-state index contributed by atoms with van der Waals surface area (Å²) in [5, 5.41) is 16.4. The van der Waals surface area contributed by atoms with E-state index in [0.29, 0.717) is 24.9 Å². The number of nitrogens with two attached hydrogens (primary N) is 1. The van der Waals surface area contributed by atoms with Crippen LogP contribution in [0, 0.1) is 0 Å². The molecule has 0 spiro atoms. The number of hydrogen-bond acceptors (Lipinski definition) is 5. The minimum atomic E-state index is -3.49. The van der Waals surface area contributed by atoms with Gasteiger partial charge in [-0.05, 0) is 67.3 Å². The predicted molar refractivity (Wildman–Crippen MR) is 118 cm³/mol. The Bertz CT molecular complexity index is 1160. The number of likely N-dealkylation sites (N-methyl/N-ethyl adjacent to an activating group) is 1. The van der Waals surface area contributed by atoms with Gasteiger partial charge in [-0.3, -0.25) is 0 Å². The second kappa shape index (κ2) is 7.92. The normalized spacial score (nSPS) is 20.9. The number of urea groups is 1. The van der Waals surface area contributed by atoms with E-state index in [2.05, 4.69) is 26.2 Å². The molecule has 0 saturated carbocycles. The third-order valence-corrected chi connectivity index (χ3v) is 7.77. The highest BCUT2D eigenvalue weighted by Gasteiger charge is 2.31. The van der Waals surface area contributed by atoms with Crippen LogP contribution < -0.4 is 20.5 Å². The lowest BCUT2D eigenvalue weighted by Gasteiger charge is -2.20. The van der Waals surface area contributed by atoms with Crippen LogP contribution in [-0.4, -0.2) is 40.2 Å². The molecular weight excluding hydrogens is 416 g/mol. The lowest BCUT2D eigenvalue weighted by atomic mass is 9.93. The highest BCUT2D eigenvalue weighted by molar-refractivity contribution is 7.91. The van der Waals surface area contributed by atoms with Gasteiger partial charge in [-0.2, -0.15) is 5.10 Å². The number of aromatic nitrogens is 2. The molecule has 2 heterocycles. The van der Waals surface area contributed by atoms with Crippen molar-refractivity contribution in [3.8, 4) is 5.88 Å². The molecule has 2 unspecified atom stereocenters. The average molecular weight is 445 g/mol. The number of ether oxygens (including phenoxy) is 1. The molecule has 2 amide bonds. The summed E-state index contributed by atoms with van der Waals surface area (Å²) in [5.41, 5.74) is 5.81. The summed E-state index contributed by atoms with van der Waals surface area (Å²) in [5.74, 6) is 0.672. The number of anilines is 1. The Morgan fingerprint density at radius 1 is 1.35 bits per heavy atom. The smallest absolute Gasteiger partial charge is 0.354 e. The van der Waals surface area contributed by atoms with Gasteiger partial charge in [0.25, 0.3) is 0 Å². The first-order chi connectivity index (χ1) is 15.0. The number of nitrogens with one attached hydrogen (secondary N) is 2. The first kappa shape index (κ1) is 20.5. The van der Waals surface area contributed by atoms with Crippen molar-refractivity contribution in [2.45, 2.75) is 55.9 Å². The van der Waals surface area contributed by atoms with Crippen LogP contribution in [0.15, 0.2) is 21.5 Å². The Kier molecular flexibility index (Phi) is 5.23. The molecule has 5 rings (SSSR count). The Morgan fingerprint density at radius 3 is 3.06 bits per heavy atom. The third kappa shape index (κ3) is 3.62. The minimum absolute atomic E-state index is 0.166. The fourth-order valence-electron chi connectivity index (χ4n) is 5.11. The fraction of sp³-hybridized carbons (Fsp3) is 0.524. The first-order valence-corrected chi connectivity index (χ1v) is 12.4. The Hall–Kier alpha value is -2.43. The molecule has 0 radical (unpaired) electrons. The van der Waals surface area contributed by atoms with Gasteiger partial charge in [-0.15, -0.1) is 4.36 Å². The molecule has 166 valence electrons. The number of fused-ring (bicyclic) bond motifs is 3. The number of hydrogen-bond donors (Lipinski definition) is 3. The number of carbonyl (C=O) groups excluding carboxylic acids is 1. The van der Waals surface area contributed by atoms with Gasteiger partial charge in [-0.25, -0.2) is 18.8 Å². The summed E-state index contributed by atoms with van der Waals surface area (Å²) >= 11 is 0. The SMILES string of the molecule is CNCC1CCc2cc3c(c(NC(=O)N=S(N)(=O)c4cnn5c4OCCC5)c21)CCC3. The molecule has 1 aliphatic heterocycles. The molecule has 0 bridgehead atoms. The molecule has 3 aliphatic rings. The van der Waals surface area contributed by atoms with Gasteiger partial charge in [0.05, 0.1) is 12.8 Å². The van der Waals surface area contributed by atoms with Crippen molar-refractivity contribution in [3.05, 3.63) is 34.5 Å². The molecular formula is C21H28N6O3S. The number of rotatable bonds is 4. The number of benzene rings is 1. The topological polar surface area (TPSA) is 124 Å². The van der Waals surface area contributed by atoms with Crippen LogP contribution in [0.5, 0.6) is 5.88 Å². The van der Waals surface area contributed by atoms with Crippen LogP contribution in [0.2, 0.25) is 0 Å². The van der Waals surface area contributed by atoms with Gasteiger partial charge in [0.15, 0.2) is 9.92 Å². The number of amides is 2. The lowest BCUT2D eigenvalue weighted by Crippen LogP contribution is -2.22. The monoisotopic (exact) mass is 444 g/mol. The minimum Gasteiger partial charge on any atom is -0.477 e. The zero-order valence-corrected chi connectivity index (χ0v) is 18.5. The molecule has 1 aromatic heterocycles. The van der Waals surface area contributed by atoms with Crippen LogP contribution in [0.3, 0.4) is 0 Å². The van der Waals surface area contributed by atoms with Crippen molar-refractivity contribution in [2.24, 2.45) is 9.50 Å². The molecule has 2 aromatic rings. The molecule has 4 N–H and O–H groups in total. The number of nitrogens with zero attached hydrogens (tertiary/aromatic N) is 3. The van der Waals surface area contributed by atoms with Crippen molar-refractivity contribution in [1.29, 1.82) is 0 Å². The van der Waals surface area contributed by atoms with Crippen molar-refractivity contribution in [3.63, 3.8) is 0 Å². The third-order valence-electron chi connectivity index (χ3n) is 6.43. The van der Waals surface area contributed by atoms with Gasteiger partial charge >= 0.3 is 6.03 Å². The fourth-order valence-corrected chi connectivity index (χ4v) is 6.11. The Morgan fingerprint density at radius 2 is 2.23 bits per heavy atom. The highest BCUT2D eigenvalue weighted by atomic mass is 32.2. The van der Waals surface area contributed by atoms with Gasteiger partial charge in [0, 0.05) is 25.2 Å².